The van der Waals surface area contributed by atoms with Crippen LogP contribution < -0.4 is 0 Å². The normalized spacial score (nSPS) is 10.7. The summed E-state index contributed by atoms with van der Waals surface area (Å²) in [7, 11) is -3.21. The summed E-state index contributed by atoms with van der Waals surface area (Å²) in [5.41, 5.74) is 0.688. The van der Waals surface area contributed by atoms with Crippen molar-refractivity contribution >= 4 is 27.4 Å². The molecular weight excluding hydrogens is 300 g/mol. The maximum Gasteiger partial charge on any atom is 0.304 e. The lowest BCUT2D eigenvalue weighted by molar-refractivity contribution is -0.136. The second-order valence-corrected chi connectivity index (χ2v) is 6.84. The molecule has 20 heavy (non-hydrogen) atoms. The zero-order valence-corrected chi connectivity index (χ0v) is 12.4. The average molecular weight is 315 g/mol. The summed E-state index contributed by atoms with van der Waals surface area (Å²) < 4.78 is 23.7. The molecule has 0 aliphatic carbocycles. The number of hydrogen-bond acceptors (Lipinski definition) is 3. The fourth-order valence-corrected chi connectivity index (χ4v) is 2.84. The first-order valence-electron chi connectivity index (χ1n) is 6.01. The minimum Gasteiger partial charge on any atom is -0.481 e. The van der Waals surface area contributed by atoms with Gasteiger partial charge in [-0.05, 0) is 17.7 Å². The Morgan fingerprint density at radius 3 is 2.35 bits per heavy atom. The van der Waals surface area contributed by atoms with Gasteiger partial charge in [0.25, 0.3) is 0 Å². The molecule has 1 rings (SSSR count). The van der Waals surface area contributed by atoms with Gasteiger partial charge in [-0.3, -0.25) is 4.79 Å². The van der Waals surface area contributed by atoms with Crippen LogP contribution in [-0.2, 0) is 20.4 Å². The largest absolute Gasteiger partial charge is 0.481 e. The number of rotatable bonds is 6. The lowest BCUT2D eigenvalue weighted by Crippen LogP contribution is -2.08. The summed E-state index contributed by atoms with van der Waals surface area (Å²) in [5, 5.41) is 8.98. The van der Waals surface area contributed by atoms with Crippen LogP contribution in [0.5, 0.6) is 0 Å². The quantitative estimate of drug-likeness (QED) is 0.819. The molecule has 1 aromatic rings. The number of hydrogen-bond donors (Lipinski definition) is 1. The second kappa shape index (κ2) is 7.93. The van der Waals surface area contributed by atoms with Gasteiger partial charge < -0.3 is 5.11 Å². The maximum atomic E-state index is 11.8. The molecule has 6 heteroatoms. The van der Waals surface area contributed by atoms with Gasteiger partial charge in [0, 0.05) is 17.9 Å². The van der Waals surface area contributed by atoms with Crippen LogP contribution in [0, 0.1) is 11.8 Å². The van der Waals surface area contributed by atoms with Crippen LogP contribution in [0.4, 0.5) is 0 Å². The van der Waals surface area contributed by atoms with Gasteiger partial charge in [0.1, 0.15) is 0 Å². The number of halogens is 1. The van der Waals surface area contributed by atoms with Crippen LogP contribution >= 0.6 is 11.6 Å². The Morgan fingerprint density at radius 2 is 1.75 bits per heavy atom. The maximum absolute atomic E-state index is 11.8. The standard InChI is InChI=1S/C14H15ClO4S/c15-13-8-6-12(7-9-13)11-20(18,19)10-4-2-1-3-5-14(16)17/h6-9H,3-5,10-11H2,(H,16,17). The first kappa shape index (κ1) is 16.5. The predicted molar refractivity (Wildman–Crippen MR) is 78.2 cm³/mol. The highest BCUT2D eigenvalue weighted by atomic mass is 35.5. The molecule has 0 atom stereocenters. The minimum absolute atomic E-state index is 0.0233. The zero-order chi connectivity index (χ0) is 15.0. The molecule has 0 aromatic heterocycles. The topological polar surface area (TPSA) is 71.4 Å². The molecule has 0 saturated heterocycles. The van der Waals surface area contributed by atoms with Crippen LogP contribution in [0.3, 0.4) is 0 Å². The van der Waals surface area contributed by atoms with Crippen molar-refractivity contribution < 1.29 is 18.3 Å². The molecule has 0 radical (unpaired) electrons. The highest BCUT2D eigenvalue weighted by molar-refractivity contribution is 7.90. The van der Waals surface area contributed by atoms with E-state index < -0.39 is 15.8 Å². The fraction of sp³-hybridized carbons (Fsp3) is 0.357. The molecule has 4 nitrogen and oxygen atoms in total. The van der Waals surface area contributed by atoms with E-state index in [-0.39, 0.29) is 30.8 Å². The third kappa shape index (κ3) is 7.17. The molecule has 1 aromatic carbocycles. The van der Waals surface area contributed by atoms with Gasteiger partial charge in [-0.1, -0.05) is 23.7 Å². The Kier molecular flexibility index (Phi) is 6.56. The molecule has 0 bridgehead atoms. The Bertz CT molecular complexity index is 609. The van der Waals surface area contributed by atoms with Gasteiger partial charge in [0.15, 0.2) is 9.84 Å². The molecule has 0 aliphatic rings. The predicted octanol–water partition coefficient (Wildman–Crippen LogP) is 2.51. The summed E-state index contributed by atoms with van der Waals surface area (Å²) in [6.07, 6.45) is 0.437. The third-order valence-corrected chi connectivity index (χ3v) is 4.28. The monoisotopic (exact) mass is 314 g/mol. The first-order valence-corrected chi connectivity index (χ1v) is 8.21. The average Bonchev–Trinajstić information content (AvgIpc) is 2.36. The summed E-state index contributed by atoms with van der Waals surface area (Å²) >= 11 is 5.73. The van der Waals surface area contributed by atoms with Gasteiger partial charge in [-0.15, -0.1) is 11.8 Å². The van der Waals surface area contributed by atoms with Crippen molar-refractivity contribution in [1.29, 1.82) is 0 Å². The van der Waals surface area contributed by atoms with Crippen LogP contribution in [-0.4, -0.2) is 25.2 Å². The highest BCUT2D eigenvalue weighted by Crippen LogP contribution is 2.12. The third-order valence-electron chi connectivity index (χ3n) is 2.43. The lowest BCUT2D eigenvalue weighted by atomic mass is 10.2. The van der Waals surface area contributed by atoms with Crippen molar-refractivity contribution in [2.24, 2.45) is 0 Å². The SMILES string of the molecule is O=C(O)CCC#CCCS(=O)(=O)Cc1ccc(Cl)cc1. The van der Waals surface area contributed by atoms with Crippen LogP contribution in [0.15, 0.2) is 24.3 Å². The summed E-state index contributed by atoms with van der Waals surface area (Å²) in [6.45, 7) is 0. The fourth-order valence-electron chi connectivity index (χ4n) is 1.46. The molecule has 0 saturated carbocycles. The van der Waals surface area contributed by atoms with E-state index in [2.05, 4.69) is 11.8 Å². The van der Waals surface area contributed by atoms with E-state index in [1.165, 1.54) is 0 Å². The van der Waals surface area contributed by atoms with E-state index >= 15 is 0 Å². The Balaban J connectivity index is 2.42. The smallest absolute Gasteiger partial charge is 0.304 e. The number of benzene rings is 1. The van der Waals surface area contributed by atoms with Crippen LogP contribution in [0.25, 0.3) is 0 Å². The van der Waals surface area contributed by atoms with Gasteiger partial charge in [0.2, 0.25) is 0 Å². The van der Waals surface area contributed by atoms with Crippen LogP contribution in [0.2, 0.25) is 5.02 Å². The molecular formula is C14H15ClO4S. The summed E-state index contributed by atoms with van der Waals surface area (Å²) in [6, 6.07) is 6.66. The lowest BCUT2D eigenvalue weighted by Gasteiger charge is -2.02. The minimum atomic E-state index is -3.21. The van der Waals surface area contributed by atoms with Crippen molar-refractivity contribution in [3.05, 3.63) is 34.9 Å². The van der Waals surface area contributed by atoms with E-state index in [1.54, 1.807) is 24.3 Å². The summed E-state index contributed by atoms with van der Waals surface area (Å²) in [5.74, 6) is 4.35. The summed E-state index contributed by atoms with van der Waals surface area (Å²) in [4.78, 5) is 10.2. The molecule has 108 valence electrons. The molecule has 0 unspecified atom stereocenters. The molecule has 0 heterocycles. The number of carbonyl (C=O) groups is 1. The number of sulfone groups is 1. The highest BCUT2D eigenvalue weighted by Gasteiger charge is 2.10. The van der Waals surface area contributed by atoms with Crippen LogP contribution in [0.1, 0.15) is 24.8 Å². The van der Waals surface area contributed by atoms with E-state index in [0.717, 1.165) is 0 Å². The van der Waals surface area contributed by atoms with E-state index in [9.17, 15) is 13.2 Å². The second-order valence-electron chi connectivity index (χ2n) is 4.22. The zero-order valence-electron chi connectivity index (χ0n) is 10.8. The van der Waals surface area contributed by atoms with Crippen molar-refractivity contribution in [2.45, 2.75) is 25.0 Å². The Hall–Kier alpha value is -1.51. The molecule has 0 amide bonds. The molecule has 1 N–H and O–H groups in total. The van der Waals surface area contributed by atoms with Gasteiger partial charge in [-0.2, -0.15) is 0 Å². The van der Waals surface area contributed by atoms with Gasteiger partial charge >= 0.3 is 5.97 Å². The van der Waals surface area contributed by atoms with E-state index in [1.807, 2.05) is 0 Å². The Labute approximate surface area is 123 Å². The van der Waals surface area contributed by atoms with Gasteiger partial charge in [-0.25, -0.2) is 8.42 Å². The number of carboxylic acids is 1. The Morgan fingerprint density at radius 1 is 1.15 bits per heavy atom. The first-order chi connectivity index (χ1) is 9.39. The molecule has 0 spiro atoms. The number of aliphatic carboxylic acids is 1. The van der Waals surface area contributed by atoms with Crippen molar-refractivity contribution in [2.75, 3.05) is 5.75 Å². The van der Waals surface area contributed by atoms with Crippen molar-refractivity contribution in [1.82, 2.24) is 0 Å². The van der Waals surface area contributed by atoms with Gasteiger partial charge in [0.05, 0.1) is 17.9 Å². The van der Waals surface area contributed by atoms with Crippen molar-refractivity contribution in [3.8, 4) is 11.8 Å². The molecule has 0 aliphatic heterocycles. The van der Waals surface area contributed by atoms with E-state index in [4.69, 9.17) is 16.7 Å². The molecule has 0 fully saturated rings. The number of carboxylic acid groups (broad SMARTS) is 1. The van der Waals surface area contributed by atoms with Crippen molar-refractivity contribution in [3.63, 3.8) is 0 Å². The van der Waals surface area contributed by atoms with E-state index in [0.29, 0.717) is 10.6 Å².